The van der Waals surface area contributed by atoms with Gasteiger partial charge in [0.1, 0.15) is 11.9 Å². The zero-order valence-electron chi connectivity index (χ0n) is 22.9. The molecule has 9 nitrogen and oxygen atoms in total. The molecule has 0 aliphatic heterocycles. The first-order valence-electron chi connectivity index (χ1n) is 13.1. The van der Waals surface area contributed by atoms with Crippen LogP contribution in [-0.2, 0) is 26.0 Å². The quantitative estimate of drug-likeness (QED) is 0.211. The van der Waals surface area contributed by atoms with Crippen molar-refractivity contribution in [3.8, 4) is 0 Å². The number of hydrogen-bond acceptors (Lipinski definition) is 7. The Morgan fingerprint density at radius 3 is 2.40 bits per heavy atom. The standard InChI is InChI=1S/C28H28N4O3S.C2HF3O2/c1-36(34,35)25-8-3-2-5-22(25)17-31-28(33)26(21-7-4-6-19(15-21)18-9-10-18)32-23-11-12-24-20(16-23)13-14-30-27(24)29;3-2(4,5)1(6)7/h2-8,11-16,18,26,32H,9-10,17H2,1H3,(H2,29,30)(H,31,33);(H,6,7). The minimum atomic E-state index is -5.08. The van der Waals surface area contributed by atoms with Crippen LogP contribution in [0.5, 0.6) is 0 Å². The highest BCUT2D eigenvalue weighted by atomic mass is 32.2. The molecule has 0 saturated heterocycles. The number of nitrogen functional groups attached to an aromatic ring is 1. The second kappa shape index (κ2) is 12.7. The third-order valence-electron chi connectivity index (χ3n) is 6.73. The molecular weight excluding hydrogens is 585 g/mol. The zero-order valence-corrected chi connectivity index (χ0v) is 23.7. The predicted octanol–water partition coefficient (Wildman–Crippen LogP) is 5.20. The summed E-state index contributed by atoms with van der Waals surface area (Å²) in [4.78, 5) is 26.8. The molecule has 1 aliphatic carbocycles. The highest BCUT2D eigenvalue weighted by Gasteiger charge is 2.38. The number of carboxylic acids is 1. The van der Waals surface area contributed by atoms with Crippen molar-refractivity contribution in [2.45, 2.75) is 42.4 Å². The fraction of sp³-hybridized carbons (Fsp3) is 0.233. The summed E-state index contributed by atoms with van der Waals surface area (Å²) in [5, 5.41) is 15.2. The average molecular weight is 615 g/mol. The largest absolute Gasteiger partial charge is 0.490 e. The first-order chi connectivity index (χ1) is 20.2. The van der Waals surface area contributed by atoms with E-state index in [1.165, 1.54) is 11.8 Å². The molecule has 0 spiro atoms. The third kappa shape index (κ3) is 8.22. The molecule has 1 unspecified atom stereocenters. The fourth-order valence-corrected chi connectivity index (χ4v) is 5.41. The lowest BCUT2D eigenvalue weighted by atomic mass is 10.00. The minimum Gasteiger partial charge on any atom is -0.475 e. The van der Waals surface area contributed by atoms with Crippen molar-refractivity contribution in [1.82, 2.24) is 10.3 Å². The Balaban J connectivity index is 0.000000541. The van der Waals surface area contributed by atoms with Gasteiger partial charge >= 0.3 is 12.1 Å². The summed E-state index contributed by atoms with van der Waals surface area (Å²) in [7, 11) is -3.42. The second-order valence-corrected chi connectivity index (χ2v) is 12.0. The number of pyridine rings is 1. The molecule has 43 heavy (non-hydrogen) atoms. The monoisotopic (exact) mass is 614 g/mol. The predicted molar refractivity (Wildman–Crippen MR) is 156 cm³/mol. The first-order valence-corrected chi connectivity index (χ1v) is 15.0. The van der Waals surface area contributed by atoms with Crippen molar-refractivity contribution < 1.29 is 36.3 Å². The highest BCUT2D eigenvalue weighted by Crippen LogP contribution is 2.41. The van der Waals surface area contributed by atoms with Crippen LogP contribution in [0.15, 0.2) is 83.9 Å². The molecule has 4 aromatic rings. The van der Waals surface area contributed by atoms with Gasteiger partial charge in [0.05, 0.1) is 4.90 Å². The Morgan fingerprint density at radius 1 is 1.05 bits per heavy atom. The van der Waals surface area contributed by atoms with Gasteiger partial charge in [0, 0.05) is 30.1 Å². The number of anilines is 2. The minimum absolute atomic E-state index is 0.0997. The molecule has 3 aromatic carbocycles. The number of sulfone groups is 1. The number of nitrogens with two attached hydrogens (primary N) is 1. The van der Waals surface area contributed by atoms with Crippen LogP contribution in [0, 0.1) is 0 Å². The second-order valence-electron chi connectivity index (χ2n) is 10.1. The number of aromatic nitrogens is 1. The van der Waals surface area contributed by atoms with E-state index in [0.29, 0.717) is 17.3 Å². The van der Waals surface area contributed by atoms with Gasteiger partial charge in [-0.15, -0.1) is 0 Å². The van der Waals surface area contributed by atoms with Crippen molar-refractivity contribution in [1.29, 1.82) is 0 Å². The fourth-order valence-electron chi connectivity index (χ4n) is 4.46. The number of hydrogen-bond donors (Lipinski definition) is 4. The summed E-state index contributed by atoms with van der Waals surface area (Å²) < 4.78 is 56.1. The molecule has 226 valence electrons. The van der Waals surface area contributed by atoms with E-state index in [9.17, 15) is 26.4 Å². The van der Waals surface area contributed by atoms with Crippen molar-refractivity contribution in [3.63, 3.8) is 0 Å². The highest BCUT2D eigenvalue weighted by molar-refractivity contribution is 7.90. The van der Waals surface area contributed by atoms with Crippen LogP contribution in [0.1, 0.15) is 41.5 Å². The number of benzene rings is 3. The summed E-state index contributed by atoms with van der Waals surface area (Å²) >= 11 is 0. The summed E-state index contributed by atoms with van der Waals surface area (Å²) in [6, 6.07) is 21.7. The van der Waals surface area contributed by atoms with Crippen LogP contribution in [0.3, 0.4) is 0 Å². The summed E-state index contributed by atoms with van der Waals surface area (Å²) in [6.07, 6.45) is 0.0691. The number of nitrogens with one attached hydrogen (secondary N) is 2. The lowest BCUT2D eigenvalue weighted by Crippen LogP contribution is -2.33. The maximum Gasteiger partial charge on any atom is 0.490 e. The maximum atomic E-state index is 13.5. The molecule has 0 radical (unpaired) electrons. The first kappa shape index (κ1) is 31.3. The van der Waals surface area contributed by atoms with Gasteiger partial charge in [-0.25, -0.2) is 18.2 Å². The normalized spacial score (nSPS) is 13.9. The van der Waals surface area contributed by atoms with Crippen molar-refractivity contribution in [3.05, 3.63) is 95.7 Å². The SMILES string of the molecule is CS(=O)(=O)c1ccccc1CNC(=O)C(Nc1ccc2c(N)nccc2c1)c1cccc(C2CC2)c1.O=C(O)C(F)(F)F. The van der Waals surface area contributed by atoms with Gasteiger partial charge < -0.3 is 21.5 Å². The molecule has 1 fully saturated rings. The van der Waals surface area contributed by atoms with Gasteiger partial charge in [0.15, 0.2) is 9.84 Å². The van der Waals surface area contributed by atoms with Crippen LogP contribution in [0.25, 0.3) is 10.8 Å². The van der Waals surface area contributed by atoms with Gasteiger partial charge in [-0.1, -0.05) is 42.5 Å². The number of aliphatic carboxylic acids is 1. The van der Waals surface area contributed by atoms with E-state index in [0.717, 1.165) is 34.9 Å². The number of carbonyl (C=O) groups is 2. The van der Waals surface area contributed by atoms with Gasteiger partial charge in [-0.05, 0) is 71.2 Å². The number of alkyl halides is 3. The number of nitrogens with zero attached hydrogens (tertiary/aromatic N) is 1. The summed E-state index contributed by atoms with van der Waals surface area (Å²) in [5.41, 5.74) is 9.39. The number of carbonyl (C=O) groups excluding carboxylic acids is 1. The van der Waals surface area contributed by atoms with E-state index in [-0.39, 0.29) is 17.3 Å². The van der Waals surface area contributed by atoms with Crippen molar-refractivity contribution in [2.24, 2.45) is 0 Å². The number of amides is 1. The lowest BCUT2D eigenvalue weighted by molar-refractivity contribution is -0.192. The van der Waals surface area contributed by atoms with Crippen molar-refractivity contribution in [2.75, 3.05) is 17.3 Å². The average Bonchev–Trinajstić information content (AvgIpc) is 3.80. The van der Waals surface area contributed by atoms with E-state index < -0.39 is 28.0 Å². The van der Waals surface area contributed by atoms with Crippen LogP contribution in [-0.4, -0.2) is 42.8 Å². The van der Waals surface area contributed by atoms with E-state index in [4.69, 9.17) is 15.6 Å². The topological polar surface area (TPSA) is 151 Å². The Morgan fingerprint density at radius 2 is 1.74 bits per heavy atom. The number of rotatable bonds is 8. The maximum absolute atomic E-state index is 13.5. The van der Waals surface area contributed by atoms with E-state index >= 15 is 0 Å². The summed E-state index contributed by atoms with van der Waals surface area (Å²) in [6.45, 7) is 0.0997. The molecule has 1 aliphatic rings. The van der Waals surface area contributed by atoms with Gasteiger partial charge in [0.2, 0.25) is 5.91 Å². The Hall–Kier alpha value is -4.65. The molecule has 1 aromatic heterocycles. The third-order valence-corrected chi connectivity index (χ3v) is 7.93. The molecule has 5 rings (SSSR count). The van der Waals surface area contributed by atoms with Gasteiger partial charge in [-0.2, -0.15) is 13.2 Å². The molecule has 13 heteroatoms. The lowest BCUT2D eigenvalue weighted by Gasteiger charge is -2.21. The van der Waals surface area contributed by atoms with Crippen molar-refractivity contribution >= 4 is 44.0 Å². The number of fused-ring (bicyclic) bond motifs is 1. The van der Waals surface area contributed by atoms with E-state index in [1.54, 1.807) is 30.5 Å². The Labute approximate surface area is 245 Å². The summed E-state index contributed by atoms with van der Waals surface area (Å²) in [5.74, 6) is -2.01. The van der Waals surface area contributed by atoms with E-state index in [2.05, 4.69) is 27.8 Å². The molecule has 1 heterocycles. The molecule has 5 N–H and O–H groups in total. The molecule has 1 saturated carbocycles. The smallest absolute Gasteiger partial charge is 0.475 e. The molecular formula is C30H29F3N4O5S. The number of halogens is 3. The van der Waals surface area contributed by atoms with Crippen LogP contribution < -0.4 is 16.4 Å². The zero-order chi connectivity index (χ0) is 31.4. The van der Waals surface area contributed by atoms with Crippen LogP contribution >= 0.6 is 0 Å². The van der Waals surface area contributed by atoms with Gasteiger partial charge in [-0.3, -0.25) is 4.79 Å². The van der Waals surface area contributed by atoms with Gasteiger partial charge in [0.25, 0.3) is 0 Å². The Bertz CT molecular complexity index is 1760. The van der Waals surface area contributed by atoms with Crippen LogP contribution in [0.4, 0.5) is 24.7 Å². The Kier molecular flexibility index (Phi) is 9.24. The molecule has 0 bridgehead atoms. The van der Waals surface area contributed by atoms with Crippen LogP contribution in [0.2, 0.25) is 0 Å². The molecule has 1 amide bonds. The number of carboxylic acid groups (broad SMARTS) is 1. The molecule has 1 atom stereocenters. The van der Waals surface area contributed by atoms with E-state index in [1.807, 2.05) is 36.4 Å².